The third kappa shape index (κ3) is 2.64. The second-order valence-electron chi connectivity index (χ2n) is 4.14. The van der Waals surface area contributed by atoms with Crippen molar-refractivity contribution >= 4 is 11.6 Å². The lowest BCUT2D eigenvalue weighted by molar-refractivity contribution is 0.498. The van der Waals surface area contributed by atoms with E-state index in [1.165, 1.54) is 13.1 Å². The average molecular weight is 304 g/mol. The van der Waals surface area contributed by atoms with E-state index in [2.05, 4.69) is 5.32 Å². The molecule has 0 aliphatic heterocycles. The highest BCUT2D eigenvalue weighted by atomic mass is 35.5. The lowest BCUT2D eigenvalue weighted by atomic mass is 9.97. The summed E-state index contributed by atoms with van der Waals surface area (Å²) in [5, 5.41) is 2.53. The number of hydrogen-bond acceptors (Lipinski definition) is 1. The summed E-state index contributed by atoms with van der Waals surface area (Å²) in [4.78, 5) is 0. The lowest BCUT2D eigenvalue weighted by Crippen LogP contribution is -2.21. The van der Waals surface area contributed by atoms with Crippen molar-refractivity contribution in [1.82, 2.24) is 5.32 Å². The number of benzene rings is 2. The molecule has 2 aromatic rings. The van der Waals surface area contributed by atoms with Gasteiger partial charge in [-0.05, 0) is 36.9 Å². The van der Waals surface area contributed by atoms with Crippen LogP contribution >= 0.6 is 11.6 Å². The Labute approximate surface area is 118 Å². The fourth-order valence-corrected chi connectivity index (χ4v) is 2.26. The van der Waals surface area contributed by atoms with Crippen molar-refractivity contribution in [3.63, 3.8) is 0 Å². The molecule has 20 heavy (non-hydrogen) atoms. The molecule has 0 radical (unpaired) electrons. The first-order chi connectivity index (χ1) is 9.45. The maximum atomic E-state index is 13.8. The summed E-state index contributed by atoms with van der Waals surface area (Å²) in [6.07, 6.45) is 0. The normalized spacial score (nSPS) is 12.5. The van der Waals surface area contributed by atoms with Crippen LogP contribution in [0.15, 0.2) is 30.3 Å². The Bertz CT molecular complexity index is 625. The molecular formula is C14H10ClF4N. The van der Waals surface area contributed by atoms with Gasteiger partial charge in [0, 0.05) is 10.6 Å². The minimum absolute atomic E-state index is 0.0528. The van der Waals surface area contributed by atoms with Crippen molar-refractivity contribution in [2.75, 3.05) is 7.05 Å². The molecule has 0 spiro atoms. The van der Waals surface area contributed by atoms with Crippen molar-refractivity contribution in [3.05, 3.63) is 69.8 Å². The maximum absolute atomic E-state index is 13.8. The van der Waals surface area contributed by atoms with Gasteiger partial charge in [0.25, 0.3) is 0 Å². The van der Waals surface area contributed by atoms with Crippen LogP contribution in [0.1, 0.15) is 17.2 Å². The Kier molecular flexibility index (Phi) is 4.30. The zero-order valence-electron chi connectivity index (χ0n) is 10.4. The quantitative estimate of drug-likeness (QED) is 0.662. The van der Waals surface area contributed by atoms with Gasteiger partial charge in [-0.2, -0.15) is 0 Å². The van der Waals surface area contributed by atoms with Gasteiger partial charge in [0.05, 0.1) is 6.04 Å². The Morgan fingerprint density at radius 3 is 2.05 bits per heavy atom. The molecule has 0 amide bonds. The molecule has 1 nitrogen and oxygen atoms in total. The third-order valence-electron chi connectivity index (χ3n) is 2.93. The molecule has 1 unspecified atom stereocenters. The van der Waals surface area contributed by atoms with E-state index in [4.69, 9.17) is 11.6 Å². The van der Waals surface area contributed by atoms with E-state index in [-0.39, 0.29) is 16.1 Å². The van der Waals surface area contributed by atoms with Crippen LogP contribution in [0.5, 0.6) is 0 Å². The molecule has 0 aromatic heterocycles. The van der Waals surface area contributed by atoms with Crippen molar-refractivity contribution in [3.8, 4) is 0 Å². The largest absolute Gasteiger partial charge is 0.309 e. The van der Waals surface area contributed by atoms with Crippen LogP contribution in [0.25, 0.3) is 0 Å². The number of rotatable bonds is 3. The summed E-state index contributed by atoms with van der Waals surface area (Å²) < 4.78 is 54.0. The highest BCUT2D eigenvalue weighted by molar-refractivity contribution is 6.31. The first-order valence-electron chi connectivity index (χ1n) is 5.71. The predicted molar refractivity (Wildman–Crippen MR) is 68.6 cm³/mol. The average Bonchev–Trinajstić information content (AvgIpc) is 2.39. The van der Waals surface area contributed by atoms with Gasteiger partial charge < -0.3 is 5.32 Å². The summed E-state index contributed by atoms with van der Waals surface area (Å²) in [5.74, 6) is -3.86. The lowest BCUT2D eigenvalue weighted by Gasteiger charge is -2.20. The number of halogens is 5. The molecule has 0 aliphatic carbocycles. The second kappa shape index (κ2) is 5.81. The van der Waals surface area contributed by atoms with E-state index in [1.54, 1.807) is 0 Å². The van der Waals surface area contributed by atoms with Gasteiger partial charge in [-0.1, -0.05) is 17.7 Å². The fourth-order valence-electron chi connectivity index (χ4n) is 2.00. The molecule has 106 valence electrons. The van der Waals surface area contributed by atoms with Gasteiger partial charge in [-0.15, -0.1) is 0 Å². The van der Waals surface area contributed by atoms with Gasteiger partial charge in [-0.3, -0.25) is 0 Å². The van der Waals surface area contributed by atoms with Crippen LogP contribution in [-0.2, 0) is 0 Å². The minimum Gasteiger partial charge on any atom is -0.309 e. The van der Waals surface area contributed by atoms with E-state index >= 15 is 0 Å². The van der Waals surface area contributed by atoms with Gasteiger partial charge in [-0.25, -0.2) is 17.6 Å². The molecule has 2 aromatic carbocycles. The number of hydrogen-bond donors (Lipinski definition) is 1. The van der Waals surface area contributed by atoms with Crippen molar-refractivity contribution < 1.29 is 17.6 Å². The van der Waals surface area contributed by atoms with Crippen LogP contribution in [0, 0.1) is 23.3 Å². The Morgan fingerprint density at radius 1 is 0.950 bits per heavy atom. The minimum atomic E-state index is -1.14. The molecule has 1 N–H and O–H groups in total. The van der Waals surface area contributed by atoms with Gasteiger partial charge in [0.2, 0.25) is 0 Å². The molecule has 0 saturated carbocycles. The van der Waals surface area contributed by atoms with E-state index in [1.807, 2.05) is 0 Å². The molecule has 0 aliphatic rings. The van der Waals surface area contributed by atoms with E-state index in [0.29, 0.717) is 0 Å². The topological polar surface area (TPSA) is 12.0 Å². The third-order valence-corrected chi connectivity index (χ3v) is 3.25. The summed E-state index contributed by atoms with van der Waals surface area (Å²) in [5.41, 5.74) is -0.250. The first-order valence-corrected chi connectivity index (χ1v) is 6.09. The summed E-state index contributed by atoms with van der Waals surface area (Å²) in [6.45, 7) is 0. The highest BCUT2D eigenvalue weighted by Crippen LogP contribution is 2.32. The molecule has 0 heterocycles. The van der Waals surface area contributed by atoms with E-state index in [9.17, 15) is 17.6 Å². The molecule has 0 bridgehead atoms. The summed E-state index contributed by atoms with van der Waals surface area (Å²) in [6, 6.07) is 3.94. The van der Waals surface area contributed by atoms with E-state index < -0.39 is 29.3 Å². The molecule has 2 rings (SSSR count). The maximum Gasteiger partial charge on any atom is 0.160 e. The zero-order valence-corrected chi connectivity index (χ0v) is 11.1. The van der Waals surface area contributed by atoms with Gasteiger partial charge in [0.1, 0.15) is 11.6 Å². The summed E-state index contributed by atoms with van der Waals surface area (Å²) >= 11 is 5.84. The molecule has 1 atom stereocenters. The van der Waals surface area contributed by atoms with Crippen LogP contribution in [-0.4, -0.2) is 7.05 Å². The zero-order chi connectivity index (χ0) is 14.9. The smallest absolute Gasteiger partial charge is 0.160 e. The predicted octanol–water partition coefficient (Wildman–Crippen LogP) is 4.21. The molecule has 0 fully saturated rings. The highest BCUT2D eigenvalue weighted by Gasteiger charge is 2.24. The van der Waals surface area contributed by atoms with Crippen molar-refractivity contribution in [2.45, 2.75) is 6.04 Å². The summed E-state index contributed by atoms with van der Waals surface area (Å²) in [7, 11) is 1.44. The van der Waals surface area contributed by atoms with Crippen LogP contribution in [0.3, 0.4) is 0 Å². The Morgan fingerprint density at radius 2 is 1.50 bits per heavy atom. The Balaban J connectivity index is 2.62. The van der Waals surface area contributed by atoms with Crippen LogP contribution in [0.2, 0.25) is 5.02 Å². The SMILES string of the molecule is CNC(c1cc(F)c(F)cc1Cl)c1c(F)cccc1F. The fraction of sp³-hybridized carbons (Fsp3) is 0.143. The molecule has 0 saturated heterocycles. The van der Waals surface area contributed by atoms with Gasteiger partial charge >= 0.3 is 0 Å². The molecule has 6 heteroatoms. The first kappa shape index (κ1) is 14.8. The van der Waals surface area contributed by atoms with Crippen LogP contribution in [0.4, 0.5) is 17.6 Å². The van der Waals surface area contributed by atoms with E-state index in [0.717, 1.165) is 24.3 Å². The number of nitrogens with one attached hydrogen (secondary N) is 1. The van der Waals surface area contributed by atoms with Crippen LogP contribution < -0.4 is 5.32 Å². The Hall–Kier alpha value is -1.59. The standard InChI is InChI=1S/C14H10ClF4N/c1-20-14(13-9(16)3-2-4-10(13)17)7-5-11(18)12(19)6-8(7)15/h2-6,14,20H,1H3. The molecular weight excluding hydrogens is 294 g/mol. The van der Waals surface area contributed by atoms with Gasteiger partial charge in [0.15, 0.2) is 11.6 Å². The van der Waals surface area contributed by atoms with Crippen molar-refractivity contribution in [1.29, 1.82) is 0 Å². The van der Waals surface area contributed by atoms with Crippen molar-refractivity contribution in [2.24, 2.45) is 0 Å². The second-order valence-corrected chi connectivity index (χ2v) is 4.55. The monoisotopic (exact) mass is 303 g/mol.